The molecule has 1 aliphatic heterocycles. The van der Waals surface area contributed by atoms with Crippen molar-refractivity contribution in [2.75, 3.05) is 30.2 Å². The summed E-state index contributed by atoms with van der Waals surface area (Å²) >= 11 is 1.57. The minimum Gasteiger partial charge on any atom is -0.504 e. The van der Waals surface area contributed by atoms with Gasteiger partial charge in [-0.3, -0.25) is 0 Å². The average Bonchev–Trinajstić information content (AvgIpc) is 2.91. The van der Waals surface area contributed by atoms with Crippen LogP contribution in [0.25, 0.3) is 0 Å². The van der Waals surface area contributed by atoms with Crippen molar-refractivity contribution in [3.05, 3.63) is 77.9 Å². The Morgan fingerprint density at radius 3 is 2.42 bits per heavy atom. The molecule has 1 fully saturated rings. The Kier molecular flexibility index (Phi) is 8.94. The summed E-state index contributed by atoms with van der Waals surface area (Å²) in [4.78, 5) is 15.3. The van der Waals surface area contributed by atoms with E-state index in [1.165, 1.54) is 5.56 Å². The van der Waals surface area contributed by atoms with E-state index in [1.54, 1.807) is 25.1 Å². The van der Waals surface area contributed by atoms with Crippen molar-refractivity contribution in [3.63, 3.8) is 0 Å². The molecule has 3 N–H and O–H groups in total. The summed E-state index contributed by atoms with van der Waals surface area (Å²) in [6.07, 6.45) is 1.64. The molecule has 4 rings (SSSR count). The summed E-state index contributed by atoms with van der Waals surface area (Å²) < 4.78 is 14.2. The van der Waals surface area contributed by atoms with Crippen molar-refractivity contribution in [1.29, 1.82) is 0 Å². The average molecular weight is 536 g/mol. The lowest BCUT2D eigenvalue weighted by molar-refractivity contribution is 0.0205. The van der Waals surface area contributed by atoms with Gasteiger partial charge in [0, 0.05) is 41.5 Å². The first-order valence-electron chi connectivity index (χ1n) is 12.9. The van der Waals surface area contributed by atoms with E-state index in [-0.39, 0.29) is 11.8 Å². The van der Waals surface area contributed by atoms with Gasteiger partial charge in [-0.15, -0.1) is 0 Å². The number of amides is 1. The third-order valence-electron chi connectivity index (χ3n) is 6.43. The number of phenolic OH excluding ortho intramolecular Hbond substituents is 1. The largest absolute Gasteiger partial charge is 0.504 e. The lowest BCUT2D eigenvalue weighted by Gasteiger charge is -2.33. The number of nitrogens with zero attached hydrogens (tertiary/aromatic N) is 1. The SMILES string of the molecule is COc1cccc(CNc2ccc(SNc3cccc(C4CCN(C(=O)OC(C)(C)C)CC4)c3)cc2)c1O. The topological polar surface area (TPSA) is 83.1 Å². The van der Waals surface area contributed by atoms with Gasteiger partial charge in [-0.1, -0.05) is 24.3 Å². The first-order chi connectivity index (χ1) is 18.2. The molecule has 202 valence electrons. The van der Waals surface area contributed by atoms with Gasteiger partial charge in [-0.05, 0) is 99.5 Å². The molecule has 0 radical (unpaired) electrons. The molecule has 3 aromatic rings. The molecule has 8 heteroatoms. The number of piperidine rings is 1. The van der Waals surface area contributed by atoms with Crippen LogP contribution in [0, 0.1) is 0 Å². The minimum atomic E-state index is -0.469. The molecule has 1 amide bonds. The second-order valence-corrected chi connectivity index (χ2v) is 11.3. The monoisotopic (exact) mass is 535 g/mol. The maximum atomic E-state index is 12.4. The van der Waals surface area contributed by atoms with Crippen molar-refractivity contribution in [2.24, 2.45) is 0 Å². The molecule has 1 saturated heterocycles. The van der Waals surface area contributed by atoms with Crippen LogP contribution in [-0.4, -0.2) is 41.9 Å². The highest BCUT2D eigenvalue weighted by molar-refractivity contribution is 8.00. The molecule has 0 aliphatic carbocycles. The first-order valence-corrected chi connectivity index (χ1v) is 13.7. The standard InChI is InChI=1S/C30H37N3O4S/c1-30(2,3)37-29(35)33-17-15-21(16-18-33)22-7-5-9-25(19-22)32-38-26-13-11-24(12-14-26)31-20-23-8-6-10-27(36-4)28(23)34/h5-14,19,21,31-32,34H,15-18,20H2,1-4H3. The summed E-state index contributed by atoms with van der Waals surface area (Å²) in [5.74, 6) is 1.06. The van der Waals surface area contributed by atoms with E-state index >= 15 is 0 Å². The number of aromatic hydroxyl groups is 1. The predicted molar refractivity (Wildman–Crippen MR) is 154 cm³/mol. The minimum absolute atomic E-state index is 0.162. The van der Waals surface area contributed by atoms with Crippen LogP contribution in [0.5, 0.6) is 11.5 Å². The Hall–Kier alpha value is -3.52. The summed E-state index contributed by atoms with van der Waals surface area (Å²) in [6.45, 7) is 7.62. The van der Waals surface area contributed by atoms with Crippen LogP contribution < -0.4 is 14.8 Å². The molecule has 0 aromatic heterocycles. The van der Waals surface area contributed by atoms with Gasteiger partial charge in [0.15, 0.2) is 11.5 Å². The van der Waals surface area contributed by atoms with E-state index in [0.29, 0.717) is 31.3 Å². The van der Waals surface area contributed by atoms with E-state index in [2.05, 4.69) is 46.4 Å². The molecule has 0 unspecified atom stereocenters. The number of ether oxygens (including phenoxy) is 2. The number of anilines is 2. The lowest BCUT2D eigenvalue weighted by atomic mass is 9.89. The summed E-state index contributed by atoms with van der Waals surface area (Å²) in [5, 5.41) is 13.6. The fourth-order valence-corrected chi connectivity index (χ4v) is 5.04. The lowest BCUT2D eigenvalue weighted by Crippen LogP contribution is -2.41. The third kappa shape index (κ3) is 7.51. The number of carbonyl (C=O) groups is 1. The fraction of sp³-hybridized carbons (Fsp3) is 0.367. The number of para-hydroxylation sites is 1. The van der Waals surface area contributed by atoms with E-state index < -0.39 is 5.60 Å². The maximum absolute atomic E-state index is 12.4. The summed E-state index contributed by atoms with van der Waals surface area (Å²) in [6, 6.07) is 22.2. The quantitative estimate of drug-likeness (QED) is 0.262. The van der Waals surface area contributed by atoms with E-state index in [4.69, 9.17) is 9.47 Å². The van der Waals surface area contributed by atoms with Crippen LogP contribution in [-0.2, 0) is 11.3 Å². The molecule has 1 aliphatic rings. The van der Waals surface area contributed by atoms with Gasteiger partial charge in [-0.2, -0.15) is 0 Å². The Morgan fingerprint density at radius 1 is 1.03 bits per heavy atom. The number of benzene rings is 3. The van der Waals surface area contributed by atoms with Gasteiger partial charge < -0.3 is 29.5 Å². The predicted octanol–water partition coefficient (Wildman–Crippen LogP) is 7.25. The zero-order chi connectivity index (χ0) is 27.1. The number of hydrogen-bond donors (Lipinski definition) is 3. The van der Waals surface area contributed by atoms with Gasteiger partial charge in [0.1, 0.15) is 5.60 Å². The first kappa shape index (κ1) is 27.5. The van der Waals surface area contributed by atoms with Crippen LogP contribution in [0.2, 0.25) is 0 Å². The Balaban J connectivity index is 1.26. The normalized spacial score (nSPS) is 14.2. The van der Waals surface area contributed by atoms with Gasteiger partial charge in [0.05, 0.1) is 7.11 Å². The van der Waals surface area contributed by atoms with Crippen LogP contribution in [0.1, 0.15) is 50.7 Å². The number of rotatable bonds is 8. The maximum Gasteiger partial charge on any atom is 0.410 e. The highest BCUT2D eigenvalue weighted by atomic mass is 32.2. The van der Waals surface area contributed by atoms with Gasteiger partial charge in [0.2, 0.25) is 0 Å². The second kappa shape index (κ2) is 12.3. The molecule has 1 heterocycles. The van der Waals surface area contributed by atoms with Crippen LogP contribution in [0.4, 0.5) is 16.2 Å². The summed E-state index contributed by atoms with van der Waals surface area (Å²) in [5.41, 5.74) is 3.62. The van der Waals surface area contributed by atoms with Crippen molar-refractivity contribution < 1.29 is 19.4 Å². The van der Waals surface area contributed by atoms with E-state index in [0.717, 1.165) is 34.7 Å². The van der Waals surface area contributed by atoms with Gasteiger partial charge in [-0.25, -0.2) is 4.79 Å². The zero-order valence-electron chi connectivity index (χ0n) is 22.5. The third-order valence-corrected chi connectivity index (χ3v) is 7.28. The highest BCUT2D eigenvalue weighted by Gasteiger charge is 2.27. The molecule has 0 atom stereocenters. The Morgan fingerprint density at radius 2 is 1.74 bits per heavy atom. The molecular formula is C30H37N3O4S. The number of likely N-dealkylation sites (tertiary alicyclic amines) is 1. The van der Waals surface area contributed by atoms with Crippen molar-refractivity contribution in [1.82, 2.24) is 4.90 Å². The second-order valence-electron chi connectivity index (χ2n) is 10.4. The Labute approximate surface area is 229 Å². The van der Waals surface area contributed by atoms with Crippen LogP contribution in [0.15, 0.2) is 71.6 Å². The fourth-order valence-electron chi connectivity index (χ4n) is 4.41. The van der Waals surface area contributed by atoms with Crippen molar-refractivity contribution >= 4 is 29.4 Å². The van der Waals surface area contributed by atoms with E-state index in [1.807, 2.05) is 49.9 Å². The van der Waals surface area contributed by atoms with E-state index in [9.17, 15) is 9.90 Å². The highest BCUT2D eigenvalue weighted by Crippen LogP contribution is 2.32. The number of nitrogens with one attached hydrogen (secondary N) is 2. The molecule has 3 aromatic carbocycles. The molecule has 0 spiro atoms. The molecule has 0 bridgehead atoms. The van der Waals surface area contributed by atoms with Crippen molar-refractivity contribution in [2.45, 2.75) is 56.6 Å². The van der Waals surface area contributed by atoms with Gasteiger partial charge >= 0.3 is 6.09 Å². The van der Waals surface area contributed by atoms with Gasteiger partial charge in [0.25, 0.3) is 0 Å². The van der Waals surface area contributed by atoms with Crippen LogP contribution >= 0.6 is 11.9 Å². The van der Waals surface area contributed by atoms with Crippen molar-refractivity contribution in [3.8, 4) is 11.5 Å². The number of hydrogen-bond acceptors (Lipinski definition) is 7. The molecule has 7 nitrogen and oxygen atoms in total. The number of carbonyl (C=O) groups excluding carboxylic acids is 1. The molecule has 38 heavy (non-hydrogen) atoms. The summed E-state index contributed by atoms with van der Waals surface area (Å²) in [7, 11) is 1.55. The van der Waals surface area contributed by atoms with Crippen LogP contribution in [0.3, 0.4) is 0 Å². The Bertz CT molecular complexity index is 1220. The molecule has 0 saturated carbocycles. The molecular weight excluding hydrogens is 498 g/mol. The number of phenols is 1. The number of methoxy groups -OCH3 is 1. The smallest absolute Gasteiger partial charge is 0.410 e. The zero-order valence-corrected chi connectivity index (χ0v) is 23.3.